The summed E-state index contributed by atoms with van der Waals surface area (Å²) in [7, 11) is 0. The first kappa shape index (κ1) is 20.0. The first-order valence-corrected chi connectivity index (χ1v) is 11.4. The Labute approximate surface area is 175 Å². The summed E-state index contributed by atoms with van der Waals surface area (Å²) in [5.74, 6) is 0.150. The van der Waals surface area contributed by atoms with Crippen LogP contribution in [0.2, 0.25) is 0 Å². The Morgan fingerprint density at radius 2 is 1.79 bits per heavy atom. The van der Waals surface area contributed by atoms with Gasteiger partial charge < -0.3 is 10.1 Å². The fourth-order valence-corrected chi connectivity index (χ4v) is 5.62. The van der Waals surface area contributed by atoms with Gasteiger partial charge in [0, 0.05) is 23.0 Å². The summed E-state index contributed by atoms with van der Waals surface area (Å²) in [6.07, 6.45) is 6.84. The summed E-state index contributed by atoms with van der Waals surface area (Å²) in [6.45, 7) is 0. The van der Waals surface area contributed by atoms with Crippen molar-refractivity contribution in [1.82, 2.24) is 5.32 Å². The number of thiophene rings is 1. The highest BCUT2D eigenvalue weighted by atomic mass is 32.1. The van der Waals surface area contributed by atoms with Gasteiger partial charge in [-0.15, -0.1) is 11.3 Å². The molecule has 6 heteroatoms. The van der Waals surface area contributed by atoms with E-state index in [-0.39, 0.29) is 23.5 Å². The van der Waals surface area contributed by atoms with E-state index in [4.69, 9.17) is 4.74 Å². The van der Waals surface area contributed by atoms with Crippen LogP contribution in [0.5, 0.6) is 0 Å². The molecular weight excluding hydrogens is 384 g/mol. The van der Waals surface area contributed by atoms with Crippen LogP contribution >= 0.6 is 11.3 Å². The van der Waals surface area contributed by atoms with Crippen LogP contribution in [0, 0.1) is 0 Å². The van der Waals surface area contributed by atoms with Gasteiger partial charge in [0.25, 0.3) is 0 Å². The van der Waals surface area contributed by atoms with E-state index in [1.54, 1.807) is 11.3 Å². The lowest BCUT2D eigenvalue weighted by Gasteiger charge is -2.33. The summed E-state index contributed by atoms with van der Waals surface area (Å²) >= 11 is 1.68. The molecule has 2 atom stereocenters. The van der Waals surface area contributed by atoms with Gasteiger partial charge in [-0.3, -0.25) is 10.1 Å². The number of para-hydroxylation sites is 1. The number of ether oxygens (including phenoxy) is 1. The predicted octanol–water partition coefficient (Wildman–Crippen LogP) is 5.24. The number of hydrogen-bond donors (Lipinski definition) is 2. The molecule has 0 saturated heterocycles. The van der Waals surface area contributed by atoms with Crippen molar-refractivity contribution in [1.29, 1.82) is 0 Å². The van der Waals surface area contributed by atoms with E-state index < -0.39 is 6.09 Å². The van der Waals surface area contributed by atoms with Crippen molar-refractivity contribution in [2.45, 2.75) is 68.9 Å². The third kappa shape index (κ3) is 4.64. The Morgan fingerprint density at radius 1 is 1.00 bits per heavy atom. The monoisotopic (exact) mass is 412 g/mol. The first-order valence-electron chi connectivity index (χ1n) is 10.5. The summed E-state index contributed by atoms with van der Waals surface area (Å²) in [4.78, 5) is 26.7. The van der Waals surface area contributed by atoms with Gasteiger partial charge >= 0.3 is 6.09 Å². The van der Waals surface area contributed by atoms with Crippen LogP contribution in [-0.4, -0.2) is 24.1 Å². The third-order valence-corrected chi connectivity index (χ3v) is 7.21. The second kappa shape index (κ2) is 8.99. The topological polar surface area (TPSA) is 67.4 Å². The normalized spacial score (nSPS) is 23.3. The third-order valence-electron chi connectivity index (χ3n) is 6.14. The number of rotatable bonds is 5. The van der Waals surface area contributed by atoms with Gasteiger partial charge in [0.15, 0.2) is 0 Å². The van der Waals surface area contributed by atoms with Crippen LogP contribution in [-0.2, 0) is 14.9 Å². The number of carbonyl (C=O) groups is 2. The summed E-state index contributed by atoms with van der Waals surface area (Å²) in [5, 5.41) is 8.12. The minimum Gasteiger partial charge on any atom is -0.446 e. The van der Waals surface area contributed by atoms with Gasteiger partial charge in [0.2, 0.25) is 5.91 Å². The second-order valence-electron chi connectivity index (χ2n) is 8.12. The zero-order valence-corrected chi connectivity index (χ0v) is 17.4. The smallest absolute Gasteiger partial charge is 0.411 e. The molecule has 0 spiro atoms. The van der Waals surface area contributed by atoms with E-state index in [0.717, 1.165) is 50.6 Å². The molecule has 2 amide bonds. The second-order valence-corrected chi connectivity index (χ2v) is 9.07. The highest BCUT2D eigenvalue weighted by Gasteiger charge is 2.44. The average molecular weight is 413 g/mol. The van der Waals surface area contributed by atoms with Crippen LogP contribution < -0.4 is 10.6 Å². The summed E-state index contributed by atoms with van der Waals surface area (Å²) in [5.41, 5.74) is 0.351. The Hall–Kier alpha value is -2.34. The Balaban J connectivity index is 1.33. The molecule has 154 valence electrons. The number of anilines is 1. The van der Waals surface area contributed by atoms with Crippen molar-refractivity contribution in [3.63, 3.8) is 0 Å². The lowest BCUT2D eigenvalue weighted by atomic mass is 9.82. The van der Waals surface area contributed by atoms with Gasteiger partial charge in [-0.1, -0.05) is 37.1 Å². The van der Waals surface area contributed by atoms with E-state index in [1.165, 1.54) is 4.88 Å². The molecule has 5 nitrogen and oxygen atoms in total. The minimum atomic E-state index is -0.431. The molecular formula is C23H28N2O3S. The zero-order valence-electron chi connectivity index (χ0n) is 16.6. The number of benzene rings is 1. The fraction of sp³-hybridized carbons (Fsp3) is 0.478. The molecule has 2 N–H and O–H groups in total. The SMILES string of the molecule is O=C(Nc1ccccc1)O[C@@H]1CCC[C@H](NC(=O)C2(c3cccs3)CCCC2)C1. The van der Waals surface area contributed by atoms with Crippen LogP contribution in [0.4, 0.5) is 10.5 Å². The molecule has 2 aliphatic rings. The van der Waals surface area contributed by atoms with Crippen molar-refractivity contribution >= 4 is 29.0 Å². The van der Waals surface area contributed by atoms with E-state index in [2.05, 4.69) is 22.1 Å². The van der Waals surface area contributed by atoms with Crippen molar-refractivity contribution in [3.05, 3.63) is 52.7 Å². The molecule has 2 aliphatic carbocycles. The molecule has 1 heterocycles. The minimum absolute atomic E-state index is 0.0585. The number of amides is 2. The number of carbonyl (C=O) groups excluding carboxylic acids is 2. The largest absolute Gasteiger partial charge is 0.446 e. The van der Waals surface area contributed by atoms with E-state index in [0.29, 0.717) is 6.42 Å². The molecule has 1 aromatic heterocycles. The van der Waals surface area contributed by atoms with Crippen molar-refractivity contribution < 1.29 is 14.3 Å². The molecule has 0 aliphatic heterocycles. The first-order chi connectivity index (χ1) is 14.2. The Bertz CT molecular complexity index is 816. The lowest BCUT2D eigenvalue weighted by molar-refractivity contribution is -0.127. The van der Waals surface area contributed by atoms with Crippen LogP contribution in [0.25, 0.3) is 0 Å². The molecule has 0 unspecified atom stereocenters. The quantitative estimate of drug-likeness (QED) is 0.706. The zero-order chi connectivity index (χ0) is 20.1. The molecule has 29 heavy (non-hydrogen) atoms. The molecule has 2 fully saturated rings. The number of hydrogen-bond acceptors (Lipinski definition) is 4. The molecule has 2 aromatic rings. The van der Waals surface area contributed by atoms with Gasteiger partial charge in [-0.25, -0.2) is 4.79 Å². The fourth-order valence-electron chi connectivity index (χ4n) is 4.64. The molecule has 0 radical (unpaired) electrons. The lowest BCUT2D eigenvalue weighted by Crippen LogP contribution is -2.49. The van der Waals surface area contributed by atoms with Crippen LogP contribution in [0.15, 0.2) is 47.8 Å². The maximum atomic E-state index is 13.3. The van der Waals surface area contributed by atoms with Crippen LogP contribution in [0.3, 0.4) is 0 Å². The van der Waals surface area contributed by atoms with Gasteiger partial charge in [-0.2, -0.15) is 0 Å². The average Bonchev–Trinajstić information content (AvgIpc) is 3.41. The Morgan fingerprint density at radius 3 is 2.52 bits per heavy atom. The standard InChI is InChI=1S/C23H28N2O3S/c26-21(23(13-4-5-14-23)20-12-7-15-29-20)24-18-10-6-11-19(16-18)28-22(27)25-17-8-2-1-3-9-17/h1-3,7-9,12,15,18-19H,4-6,10-11,13-14,16H2,(H,24,26)(H,25,27)/t18-,19+/m0/s1. The molecule has 1 aromatic carbocycles. The molecule has 0 bridgehead atoms. The van der Waals surface area contributed by atoms with E-state index in [9.17, 15) is 9.59 Å². The maximum absolute atomic E-state index is 13.3. The highest BCUT2D eigenvalue weighted by molar-refractivity contribution is 7.10. The van der Waals surface area contributed by atoms with Crippen molar-refractivity contribution in [2.24, 2.45) is 0 Å². The number of nitrogens with one attached hydrogen (secondary N) is 2. The van der Waals surface area contributed by atoms with Gasteiger partial charge in [0.05, 0.1) is 5.41 Å². The van der Waals surface area contributed by atoms with Gasteiger partial charge in [0.1, 0.15) is 6.10 Å². The molecule has 4 rings (SSSR count). The maximum Gasteiger partial charge on any atom is 0.411 e. The highest BCUT2D eigenvalue weighted by Crippen LogP contribution is 2.43. The molecule has 2 saturated carbocycles. The summed E-state index contributed by atoms with van der Waals surface area (Å²) < 4.78 is 5.63. The summed E-state index contributed by atoms with van der Waals surface area (Å²) in [6, 6.07) is 13.5. The van der Waals surface area contributed by atoms with Crippen molar-refractivity contribution in [3.8, 4) is 0 Å². The van der Waals surface area contributed by atoms with E-state index >= 15 is 0 Å². The van der Waals surface area contributed by atoms with Gasteiger partial charge in [-0.05, 0) is 55.7 Å². The van der Waals surface area contributed by atoms with Crippen molar-refractivity contribution in [2.75, 3.05) is 5.32 Å². The van der Waals surface area contributed by atoms with Crippen LogP contribution in [0.1, 0.15) is 56.2 Å². The Kier molecular flexibility index (Phi) is 6.19. The predicted molar refractivity (Wildman–Crippen MR) is 115 cm³/mol. The van der Waals surface area contributed by atoms with E-state index in [1.807, 2.05) is 36.4 Å².